The minimum absolute atomic E-state index is 0.729. The van der Waals surface area contributed by atoms with Crippen molar-refractivity contribution in [3.05, 3.63) is 52.9 Å². The van der Waals surface area contributed by atoms with Crippen molar-refractivity contribution < 1.29 is 4.42 Å². The van der Waals surface area contributed by atoms with Crippen LogP contribution in [0.2, 0.25) is 5.02 Å². The minimum Gasteiger partial charge on any atom is -0.467 e. The number of rotatable bonds is 6. The molecule has 0 radical (unpaired) electrons. The van der Waals surface area contributed by atoms with Crippen molar-refractivity contribution in [2.75, 3.05) is 18.5 Å². The molecule has 0 spiro atoms. The van der Waals surface area contributed by atoms with Crippen LogP contribution < -0.4 is 10.2 Å². The van der Waals surface area contributed by atoms with Crippen LogP contribution in [-0.4, -0.2) is 13.6 Å². The fourth-order valence-electron chi connectivity index (χ4n) is 2.02. The maximum Gasteiger partial charge on any atom is 0.123 e. The highest BCUT2D eigenvalue weighted by Gasteiger charge is 2.10. The van der Waals surface area contributed by atoms with Gasteiger partial charge in [-0.1, -0.05) is 24.6 Å². The van der Waals surface area contributed by atoms with E-state index in [0.717, 1.165) is 36.1 Å². The largest absolute Gasteiger partial charge is 0.467 e. The van der Waals surface area contributed by atoms with Crippen LogP contribution in [0.15, 0.2) is 41.0 Å². The first-order valence-electron chi connectivity index (χ1n) is 6.43. The molecule has 4 heteroatoms. The van der Waals surface area contributed by atoms with Crippen molar-refractivity contribution in [1.82, 2.24) is 5.32 Å². The SMILES string of the molecule is CCNCc1ccc(Cl)cc1N(C)Cc1ccco1. The van der Waals surface area contributed by atoms with E-state index < -0.39 is 0 Å². The van der Waals surface area contributed by atoms with Crippen LogP contribution >= 0.6 is 11.6 Å². The Labute approximate surface area is 119 Å². The van der Waals surface area contributed by atoms with Gasteiger partial charge in [-0.05, 0) is 36.4 Å². The van der Waals surface area contributed by atoms with E-state index in [4.69, 9.17) is 16.0 Å². The normalized spacial score (nSPS) is 10.7. The van der Waals surface area contributed by atoms with Crippen molar-refractivity contribution in [3.63, 3.8) is 0 Å². The van der Waals surface area contributed by atoms with Gasteiger partial charge in [0.1, 0.15) is 5.76 Å². The third kappa shape index (κ3) is 3.75. The van der Waals surface area contributed by atoms with Gasteiger partial charge in [0.25, 0.3) is 0 Å². The van der Waals surface area contributed by atoms with Crippen molar-refractivity contribution in [3.8, 4) is 0 Å². The number of hydrogen-bond donors (Lipinski definition) is 1. The molecular formula is C15H19ClN2O. The minimum atomic E-state index is 0.729. The van der Waals surface area contributed by atoms with Crippen LogP contribution in [0.1, 0.15) is 18.2 Å². The Bertz CT molecular complexity index is 511. The molecular weight excluding hydrogens is 260 g/mol. The van der Waals surface area contributed by atoms with Crippen LogP contribution in [0.3, 0.4) is 0 Å². The molecule has 1 aromatic heterocycles. The summed E-state index contributed by atoms with van der Waals surface area (Å²) in [6.45, 7) is 4.62. The molecule has 0 aliphatic heterocycles. The Balaban J connectivity index is 2.18. The van der Waals surface area contributed by atoms with Gasteiger partial charge in [0.05, 0.1) is 12.8 Å². The lowest BCUT2D eigenvalue weighted by Gasteiger charge is -2.22. The first kappa shape index (κ1) is 14.0. The quantitative estimate of drug-likeness (QED) is 0.874. The summed E-state index contributed by atoms with van der Waals surface area (Å²) in [5, 5.41) is 4.10. The summed E-state index contributed by atoms with van der Waals surface area (Å²) in [5.41, 5.74) is 2.37. The molecule has 0 atom stereocenters. The molecule has 0 unspecified atom stereocenters. The summed E-state index contributed by atoms with van der Waals surface area (Å²) in [7, 11) is 2.05. The van der Waals surface area contributed by atoms with E-state index in [1.54, 1.807) is 6.26 Å². The Kier molecular flexibility index (Phi) is 4.88. The maximum atomic E-state index is 6.11. The second-order valence-corrected chi connectivity index (χ2v) is 4.93. The van der Waals surface area contributed by atoms with Crippen LogP contribution in [0.4, 0.5) is 5.69 Å². The Morgan fingerprint density at radius 1 is 1.32 bits per heavy atom. The average molecular weight is 279 g/mol. The average Bonchev–Trinajstić information content (AvgIpc) is 2.90. The summed E-state index contributed by atoms with van der Waals surface area (Å²) >= 11 is 6.11. The number of nitrogens with zero attached hydrogens (tertiary/aromatic N) is 1. The van der Waals surface area contributed by atoms with E-state index in [1.165, 1.54) is 5.56 Å². The van der Waals surface area contributed by atoms with Crippen molar-refractivity contribution >= 4 is 17.3 Å². The van der Waals surface area contributed by atoms with Crippen molar-refractivity contribution in [2.45, 2.75) is 20.0 Å². The number of nitrogens with one attached hydrogen (secondary N) is 1. The van der Waals surface area contributed by atoms with E-state index >= 15 is 0 Å². The lowest BCUT2D eigenvalue weighted by atomic mass is 10.1. The van der Waals surface area contributed by atoms with Crippen LogP contribution in [-0.2, 0) is 13.1 Å². The van der Waals surface area contributed by atoms with Gasteiger partial charge in [-0.2, -0.15) is 0 Å². The third-order valence-electron chi connectivity index (χ3n) is 3.00. The highest BCUT2D eigenvalue weighted by molar-refractivity contribution is 6.30. The number of benzene rings is 1. The van der Waals surface area contributed by atoms with Gasteiger partial charge in [-0.25, -0.2) is 0 Å². The zero-order valence-corrected chi connectivity index (χ0v) is 12.1. The molecule has 1 heterocycles. The van der Waals surface area contributed by atoms with Crippen LogP contribution in [0, 0.1) is 0 Å². The van der Waals surface area contributed by atoms with E-state index in [2.05, 4.69) is 23.2 Å². The van der Waals surface area contributed by atoms with Gasteiger partial charge in [0, 0.05) is 24.3 Å². The molecule has 0 saturated heterocycles. The number of hydrogen-bond acceptors (Lipinski definition) is 3. The molecule has 1 N–H and O–H groups in total. The molecule has 3 nitrogen and oxygen atoms in total. The summed E-state index contributed by atoms with van der Waals surface area (Å²) in [4.78, 5) is 2.15. The number of halogens is 1. The topological polar surface area (TPSA) is 28.4 Å². The predicted octanol–water partition coefficient (Wildman–Crippen LogP) is 3.68. The molecule has 0 fully saturated rings. The first-order chi connectivity index (χ1) is 9.20. The summed E-state index contributed by atoms with van der Waals surface area (Å²) in [6.07, 6.45) is 1.70. The molecule has 19 heavy (non-hydrogen) atoms. The molecule has 0 saturated carbocycles. The smallest absolute Gasteiger partial charge is 0.123 e. The van der Waals surface area contributed by atoms with E-state index in [9.17, 15) is 0 Å². The van der Waals surface area contributed by atoms with Crippen molar-refractivity contribution in [1.29, 1.82) is 0 Å². The lowest BCUT2D eigenvalue weighted by Crippen LogP contribution is -2.20. The molecule has 2 aromatic rings. The Morgan fingerprint density at radius 2 is 2.16 bits per heavy atom. The molecule has 0 bridgehead atoms. The standard InChI is InChI=1S/C15H19ClN2O/c1-3-17-10-12-6-7-13(16)9-15(12)18(2)11-14-5-4-8-19-14/h4-9,17H,3,10-11H2,1-2H3. The van der Waals surface area contributed by atoms with Crippen LogP contribution in [0.25, 0.3) is 0 Å². The van der Waals surface area contributed by atoms with Gasteiger partial charge in [-0.3, -0.25) is 0 Å². The van der Waals surface area contributed by atoms with Gasteiger partial charge in [0.2, 0.25) is 0 Å². The monoisotopic (exact) mass is 278 g/mol. The van der Waals surface area contributed by atoms with Gasteiger partial charge in [-0.15, -0.1) is 0 Å². The molecule has 0 amide bonds. The Morgan fingerprint density at radius 3 is 2.84 bits per heavy atom. The first-order valence-corrected chi connectivity index (χ1v) is 6.81. The zero-order chi connectivity index (χ0) is 13.7. The fourth-order valence-corrected chi connectivity index (χ4v) is 2.19. The number of furan rings is 1. The van der Waals surface area contributed by atoms with Gasteiger partial charge >= 0.3 is 0 Å². The Hall–Kier alpha value is -1.45. The molecule has 0 aliphatic carbocycles. The van der Waals surface area contributed by atoms with Crippen molar-refractivity contribution in [2.24, 2.45) is 0 Å². The summed E-state index contributed by atoms with van der Waals surface area (Å²) in [5.74, 6) is 0.942. The zero-order valence-electron chi connectivity index (χ0n) is 11.3. The molecule has 2 rings (SSSR count). The van der Waals surface area contributed by atoms with E-state index in [-0.39, 0.29) is 0 Å². The summed E-state index contributed by atoms with van der Waals surface area (Å²) < 4.78 is 5.39. The van der Waals surface area contributed by atoms with Gasteiger partial charge in [0.15, 0.2) is 0 Å². The fraction of sp³-hybridized carbons (Fsp3) is 0.333. The molecule has 1 aromatic carbocycles. The lowest BCUT2D eigenvalue weighted by molar-refractivity contribution is 0.507. The van der Waals surface area contributed by atoms with E-state index in [0.29, 0.717) is 0 Å². The van der Waals surface area contributed by atoms with Crippen LogP contribution in [0.5, 0.6) is 0 Å². The highest BCUT2D eigenvalue weighted by atomic mass is 35.5. The second kappa shape index (κ2) is 6.64. The third-order valence-corrected chi connectivity index (χ3v) is 3.23. The predicted molar refractivity (Wildman–Crippen MR) is 79.6 cm³/mol. The highest BCUT2D eigenvalue weighted by Crippen LogP contribution is 2.25. The maximum absolute atomic E-state index is 6.11. The summed E-state index contributed by atoms with van der Waals surface area (Å²) in [6, 6.07) is 9.88. The molecule has 0 aliphatic rings. The second-order valence-electron chi connectivity index (χ2n) is 4.49. The van der Waals surface area contributed by atoms with E-state index in [1.807, 2.05) is 31.3 Å². The van der Waals surface area contributed by atoms with Gasteiger partial charge < -0.3 is 14.6 Å². The number of anilines is 1. The molecule has 102 valence electrons.